The molecule has 0 aliphatic carbocycles. The average Bonchev–Trinajstić information content (AvgIpc) is 2.83. The molecule has 2 fully saturated rings. The minimum atomic E-state index is 0.825. The normalized spacial score (nSPS) is 34.5. The second-order valence-corrected chi connectivity index (χ2v) is 5.73. The molecular weight excluding hydrogens is 196 g/mol. The molecule has 2 heteroatoms. The summed E-state index contributed by atoms with van der Waals surface area (Å²) in [6, 6.07) is 0.825. The summed E-state index contributed by atoms with van der Waals surface area (Å²) in [4.78, 5) is 2.74. The van der Waals surface area contributed by atoms with Crippen LogP contribution >= 0.6 is 0 Å². The van der Waals surface area contributed by atoms with E-state index in [1.165, 1.54) is 58.3 Å². The van der Waals surface area contributed by atoms with Gasteiger partial charge in [-0.2, -0.15) is 0 Å². The third-order valence-corrected chi connectivity index (χ3v) is 4.61. The Morgan fingerprint density at radius 2 is 1.94 bits per heavy atom. The van der Waals surface area contributed by atoms with Crippen LogP contribution in [0.5, 0.6) is 0 Å². The highest BCUT2D eigenvalue weighted by Gasteiger charge is 2.41. The molecule has 2 saturated heterocycles. The Morgan fingerprint density at radius 3 is 2.69 bits per heavy atom. The van der Waals surface area contributed by atoms with Crippen molar-refractivity contribution in [3.8, 4) is 0 Å². The van der Waals surface area contributed by atoms with E-state index >= 15 is 0 Å². The van der Waals surface area contributed by atoms with Gasteiger partial charge in [0.15, 0.2) is 0 Å². The van der Waals surface area contributed by atoms with E-state index in [0.29, 0.717) is 0 Å². The van der Waals surface area contributed by atoms with E-state index in [-0.39, 0.29) is 0 Å². The molecule has 94 valence electrons. The van der Waals surface area contributed by atoms with E-state index < -0.39 is 0 Å². The largest absolute Gasteiger partial charge is 0.316 e. The lowest BCUT2D eigenvalue weighted by Crippen LogP contribution is -2.33. The first kappa shape index (κ1) is 12.4. The van der Waals surface area contributed by atoms with Gasteiger partial charge in [0.05, 0.1) is 0 Å². The highest BCUT2D eigenvalue weighted by molar-refractivity contribution is 4.96. The van der Waals surface area contributed by atoms with Gasteiger partial charge in [0.2, 0.25) is 0 Å². The van der Waals surface area contributed by atoms with Gasteiger partial charge in [-0.25, -0.2) is 0 Å². The maximum Gasteiger partial charge on any atom is 0.0111 e. The van der Waals surface area contributed by atoms with Crippen molar-refractivity contribution in [1.29, 1.82) is 0 Å². The van der Waals surface area contributed by atoms with Gasteiger partial charge in [0.1, 0.15) is 0 Å². The van der Waals surface area contributed by atoms with Gasteiger partial charge in [-0.1, -0.05) is 32.6 Å². The van der Waals surface area contributed by atoms with E-state index in [1.807, 2.05) is 0 Å². The van der Waals surface area contributed by atoms with Crippen LogP contribution in [0.1, 0.15) is 46.0 Å². The summed E-state index contributed by atoms with van der Waals surface area (Å²) in [6.45, 7) is 9.95. The third kappa shape index (κ3) is 2.78. The monoisotopic (exact) mass is 224 g/mol. The highest BCUT2D eigenvalue weighted by atomic mass is 15.2. The van der Waals surface area contributed by atoms with Crippen molar-refractivity contribution in [2.24, 2.45) is 11.8 Å². The van der Waals surface area contributed by atoms with Crippen molar-refractivity contribution in [2.75, 3.05) is 26.2 Å². The number of hydrogen-bond acceptors (Lipinski definition) is 2. The Hall–Kier alpha value is -0.0800. The Morgan fingerprint density at radius 1 is 1.12 bits per heavy atom. The lowest BCUT2D eigenvalue weighted by Gasteiger charge is -2.24. The van der Waals surface area contributed by atoms with Gasteiger partial charge in [0.25, 0.3) is 0 Å². The zero-order valence-electron chi connectivity index (χ0n) is 11.0. The third-order valence-electron chi connectivity index (χ3n) is 4.61. The second kappa shape index (κ2) is 6.02. The molecular formula is C14H28N2. The second-order valence-electron chi connectivity index (χ2n) is 5.73. The summed E-state index contributed by atoms with van der Waals surface area (Å²) >= 11 is 0. The lowest BCUT2D eigenvalue weighted by atomic mass is 9.95. The molecule has 0 aromatic heterocycles. The molecule has 2 heterocycles. The van der Waals surface area contributed by atoms with E-state index in [1.54, 1.807) is 0 Å². The molecule has 0 bridgehead atoms. The molecule has 0 spiro atoms. The summed E-state index contributed by atoms with van der Waals surface area (Å²) in [5, 5.41) is 3.53. The zero-order chi connectivity index (χ0) is 11.4. The fourth-order valence-electron chi connectivity index (χ4n) is 3.47. The van der Waals surface area contributed by atoms with E-state index in [2.05, 4.69) is 24.1 Å². The van der Waals surface area contributed by atoms with Crippen LogP contribution in [0.25, 0.3) is 0 Å². The Bertz CT molecular complexity index is 205. The molecule has 2 aliphatic rings. The van der Waals surface area contributed by atoms with Gasteiger partial charge >= 0.3 is 0 Å². The standard InChI is InChI=1S/C14H28N2/c1-3-4-5-6-7-8-16-11-13-9-15-10-14(13)12(16)2/h12-15H,3-11H2,1-2H3. The molecule has 0 aromatic rings. The number of nitrogens with one attached hydrogen (secondary N) is 1. The smallest absolute Gasteiger partial charge is 0.0111 e. The van der Waals surface area contributed by atoms with Gasteiger partial charge in [-0.15, -0.1) is 0 Å². The van der Waals surface area contributed by atoms with Crippen LogP contribution in [0.3, 0.4) is 0 Å². The SMILES string of the molecule is CCCCCCCN1CC2CNCC2C1C. The fraction of sp³-hybridized carbons (Fsp3) is 1.00. The number of nitrogens with zero attached hydrogens (tertiary/aromatic N) is 1. The molecule has 2 rings (SSSR count). The van der Waals surface area contributed by atoms with E-state index in [4.69, 9.17) is 0 Å². The number of likely N-dealkylation sites (tertiary alicyclic amines) is 1. The predicted molar refractivity (Wildman–Crippen MR) is 69.6 cm³/mol. The minimum Gasteiger partial charge on any atom is -0.316 e. The van der Waals surface area contributed by atoms with Crippen LogP contribution < -0.4 is 5.32 Å². The quantitative estimate of drug-likeness (QED) is 0.697. The van der Waals surface area contributed by atoms with Gasteiger partial charge in [-0.3, -0.25) is 4.90 Å². The molecule has 0 radical (unpaired) electrons. The molecule has 3 atom stereocenters. The summed E-state index contributed by atoms with van der Waals surface area (Å²) in [7, 11) is 0. The first-order chi connectivity index (χ1) is 7.83. The van der Waals surface area contributed by atoms with Crippen LogP contribution in [0.15, 0.2) is 0 Å². The molecule has 0 saturated carbocycles. The van der Waals surface area contributed by atoms with Crippen LogP contribution in [0, 0.1) is 11.8 Å². The van der Waals surface area contributed by atoms with Crippen molar-refractivity contribution in [3.05, 3.63) is 0 Å². The number of rotatable bonds is 6. The zero-order valence-corrected chi connectivity index (χ0v) is 11.0. The molecule has 16 heavy (non-hydrogen) atoms. The predicted octanol–water partition coefficient (Wildman–Crippen LogP) is 2.50. The van der Waals surface area contributed by atoms with Crippen molar-refractivity contribution < 1.29 is 0 Å². The Balaban J connectivity index is 1.63. The maximum absolute atomic E-state index is 3.53. The molecule has 2 nitrogen and oxygen atoms in total. The number of hydrogen-bond donors (Lipinski definition) is 1. The number of fused-ring (bicyclic) bond motifs is 1. The Kier molecular flexibility index (Phi) is 4.66. The van der Waals surface area contributed by atoms with Gasteiger partial charge < -0.3 is 5.32 Å². The first-order valence-electron chi connectivity index (χ1n) is 7.27. The highest BCUT2D eigenvalue weighted by Crippen LogP contribution is 2.32. The molecule has 3 unspecified atom stereocenters. The van der Waals surface area contributed by atoms with Crippen LogP contribution in [0.4, 0.5) is 0 Å². The molecule has 0 aromatic carbocycles. The van der Waals surface area contributed by atoms with Crippen molar-refractivity contribution >= 4 is 0 Å². The van der Waals surface area contributed by atoms with Crippen molar-refractivity contribution in [1.82, 2.24) is 10.2 Å². The molecule has 0 amide bonds. The number of unbranched alkanes of at least 4 members (excludes halogenated alkanes) is 4. The van der Waals surface area contributed by atoms with Crippen molar-refractivity contribution in [3.63, 3.8) is 0 Å². The summed E-state index contributed by atoms with van der Waals surface area (Å²) in [5.41, 5.74) is 0. The fourth-order valence-corrected chi connectivity index (χ4v) is 3.47. The summed E-state index contributed by atoms with van der Waals surface area (Å²) < 4.78 is 0. The average molecular weight is 224 g/mol. The summed E-state index contributed by atoms with van der Waals surface area (Å²) in [5.74, 6) is 1.89. The lowest BCUT2D eigenvalue weighted by molar-refractivity contribution is 0.234. The first-order valence-corrected chi connectivity index (χ1v) is 7.27. The van der Waals surface area contributed by atoms with Crippen LogP contribution in [-0.2, 0) is 0 Å². The molecule has 2 aliphatic heterocycles. The van der Waals surface area contributed by atoms with E-state index in [0.717, 1.165) is 17.9 Å². The van der Waals surface area contributed by atoms with Gasteiger partial charge in [-0.05, 0) is 44.8 Å². The Labute approximate surface area is 101 Å². The topological polar surface area (TPSA) is 15.3 Å². The van der Waals surface area contributed by atoms with Gasteiger partial charge in [0, 0.05) is 12.6 Å². The maximum atomic E-state index is 3.53. The minimum absolute atomic E-state index is 0.825. The van der Waals surface area contributed by atoms with Crippen LogP contribution in [0.2, 0.25) is 0 Å². The molecule has 1 N–H and O–H groups in total. The van der Waals surface area contributed by atoms with Crippen molar-refractivity contribution in [2.45, 2.75) is 52.0 Å². The van der Waals surface area contributed by atoms with Crippen LogP contribution in [-0.4, -0.2) is 37.1 Å². The van der Waals surface area contributed by atoms with E-state index in [9.17, 15) is 0 Å². The summed E-state index contributed by atoms with van der Waals surface area (Å²) in [6.07, 6.45) is 7.07.